The van der Waals surface area contributed by atoms with Gasteiger partial charge < -0.3 is 9.42 Å². The molecule has 180 valence electrons. The van der Waals surface area contributed by atoms with Crippen LogP contribution in [0.4, 0.5) is 4.39 Å². The molecule has 2 aliphatic heterocycles. The number of hydrogen-bond donors (Lipinski definition) is 0. The Hall–Kier alpha value is -1.99. The second kappa shape index (κ2) is 10.5. The van der Waals surface area contributed by atoms with Crippen molar-refractivity contribution in [3.63, 3.8) is 0 Å². The van der Waals surface area contributed by atoms with E-state index in [4.69, 9.17) is 4.52 Å². The van der Waals surface area contributed by atoms with E-state index in [9.17, 15) is 9.18 Å². The molecule has 3 aliphatic rings. The smallest absolute Gasteiger partial charge is 0.224 e. The van der Waals surface area contributed by atoms with Gasteiger partial charge in [0.1, 0.15) is 5.82 Å². The fraction of sp³-hybridized carbons (Fsp3) is 0.692. The van der Waals surface area contributed by atoms with Gasteiger partial charge in [0.15, 0.2) is 5.58 Å². The molecule has 7 heteroatoms. The number of hydrazine groups is 1. The number of rotatable bonds is 7. The average molecular weight is 457 g/mol. The van der Waals surface area contributed by atoms with Crippen molar-refractivity contribution in [1.82, 2.24) is 20.1 Å². The van der Waals surface area contributed by atoms with E-state index in [1.807, 2.05) is 5.01 Å². The highest BCUT2D eigenvalue weighted by atomic mass is 19.1. The number of halogens is 1. The molecule has 5 rings (SSSR count). The van der Waals surface area contributed by atoms with Gasteiger partial charge in [-0.3, -0.25) is 9.80 Å². The largest absolute Gasteiger partial charge is 0.356 e. The standard InChI is InChI=1S/C26H37FN4O2/c27-22-6-7-24-25(18-22)33-28-26(24)21-11-14-29(15-12-21)13-8-20-9-16-30(17-10-20)31(19-32)23-4-2-1-3-5-23/h6-7,18-21,23H,1-5,8-17H2. The van der Waals surface area contributed by atoms with E-state index in [0.29, 0.717) is 17.5 Å². The molecule has 1 saturated carbocycles. The Morgan fingerprint density at radius 1 is 1.03 bits per heavy atom. The molecule has 0 bridgehead atoms. The molecule has 1 aromatic heterocycles. The molecule has 1 amide bonds. The maximum Gasteiger partial charge on any atom is 0.224 e. The minimum atomic E-state index is -0.279. The van der Waals surface area contributed by atoms with Crippen LogP contribution in [0.1, 0.15) is 75.8 Å². The molecule has 0 radical (unpaired) electrons. The van der Waals surface area contributed by atoms with Crippen LogP contribution in [0.5, 0.6) is 0 Å². The third-order valence-corrected chi connectivity index (χ3v) is 8.26. The summed E-state index contributed by atoms with van der Waals surface area (Å²) in [6, 6.07) is 5.15. The third-order valence-electron chi connectivity index (χ3n) is 8.26. The van der Waals surface area contributed by atoms with Crippen LogP contribution in [0.3, 0.4) is 0 Å². The first-order chi connectivity index (χ1) is 16.2. The molecule has 0 unspecified atom stereocenters. The summed E-state index contributed by atoms with van der Waals surface area (Å²) in [5, 5.41) is 9.58. The fourth-order valence-electron chi connectivity index (χ4n) is 6.19. The summed E-state index contributed by atoms with van der Waals surface area (Å²) in [5.41, 5.74) is 1.55. The molecule has 0 N–H and O–H groups in total. The fourth-order valence-corrected chi connectivity index (χ4v) is 6.19. The molecule has 2 aromatic rings. The maximum atomic E-state index is 13.4. The van der Waals surface area contributed by atoms with E-state index in [-0.39, 0.29) is 5.82 Å². The van der Waals surface area contributed by atoms with Gasteiger partial charge in [-0.15, -0.1) is 0 Å². The summed E-state index contributed by atoms with van der Waals surface area (Å²) in [5.74, 6) is 0.872. The lowest BCUT2D eigenvalue weighted by Gasteiger charge is -2.43. The van der Waals surface area contributed by atoms with Crippen LogP contribution in [0, 0.1) is 11.7 Å². The van der Waals surface area contributed by atoms with Crippen molar-refractivity contribution in [2.45, 2.75) is 76.2 Å². The summed E-state index contributed by atoms with van der Waals surface area (Å²) < 4.78 is 18.8. The van der Waals surface area contributed by atoms with Crippen LogP contribution in [0.25, 0.3) is 11.0 Å². The zero-order valence-electron chi connectivity index (χ0n) is 19.6. The molecular weight excluding hydrogens is 419 g/mol. The van der Waals surface area contributed by atoms with Crippen LogP contribution in [-0.4, -0.2) is 65.3 Å². The number of piperidine rings is 2. The molecular formula is C26H37FN4O2. The second-order valence-electron chi connectivity index (χ2n) is 10.3. The van der Waals surface area contributed by atoms with Crippen molar-refractivity contribution in [2.75, 3.05) is 32.7 Å². The lowest BCUT2D eigenvalue weighted by Crippen LogP contribution is -2.51. The van der Waals surface area contributed by atoms with Crippen molar-refractivity contribution in [1.29, 1.82) is 0 Å². The zero-order valence-corrected chi connectivity index (χ0v) is 19.6. The highest BCUT2D eigenvalue weighted by molar-refractivity contribution is 5.79. The number of carbonyl (C=O) groups is 1. The molecule has 6 nitrogen and oxygen atoms in total. The van der Waals surface area contributed by atoms with Crippen molar-refractivity contribution in [3.05, 3.63) is 29.7 Å². The Bertz CT molecular complexity index is 912. The number of benzene rings is 1. The lowest BCUT2D eigenvalue weighted by molar-refractivity contribution is -0.146. The monoisotopic (exact) mass is 456 g/mol. The van der Waals surface area contributed by atoms with Crippen molar-refractivity contribution >= 4 is 17.4 Å². The maximum absolute atomic E-state index is 13.4. The molecule has 3 fully saturated rings. The topological polar surface area (TPSA) is 52.8 Å². The minimum Gasteiger partial charge on any atom is -0.356 e. The van der Waals surface area contributed by atoms with Crippen LogP contribution >= 0.6 is 0 Å². The molecule has 1 aromatic carbocycles. The van der Waals surface area contributed by atoms with E-state index in [1.54, 1.807) is 6.07 Å². The number of nitrogens with zero attached hydrogens (tertiary/aromatic N) is 4. The van der Waals surface area contributed by atoms with Gasteiger partial charge in [-0.1, -0.05) is 24.4 Å². The van der Waals surface area contributed by atoms with Gasteiger partial charge in [0.2, 0.25) is 6.41 Å². The molecule has 3 heterocycles. The van der Waals surface area contributed by atoms with Gasteiger partial charge >= 0.3 is 0 Å². The van der Waals surface area contributed by atoms with Gasteiger partial charge in [0.25, 0.3) is 0 Å². The Balaban J connectivity index is 1.05. The number of aromatic nitrogens is 1. The first kappa shape index (κ1) is 22.8. The average Bonchev–Trinajstić information content (AvgIpc) is 3.28. The van der Waals surface area contributed by atoms with Crippen LogP contribution in [0.2, 0.25) is 0 Å². The van der Waals surface area contributed by atoms with E-state index >= 15 is 0 Å². The number of hydrogen-bond acceptors (Lipinski definition) is 5. The van der Waals surface area contributed by atoms with Gasteiger partial charge in [0.05, 0.1) is 5.69 Å². The lowest BCUT2D eigenvalue weighted by atomic mass is 9.90. The van der Waals surface area contributed by atoms with Gasteiger partial charge in [-0.2, -0.15) is 0 Å². The summed E-state index contributed by atoms with van der Waals surface area (Å²) in [6.07, 6.45) is 13.0. The Morgan fingerprint density at radius 3 is 2.52 bits per heavy atom. The van der Waals surface area contributed by atoms with Gasteiger partial charge in [-0.05, 0) is 82.6 Å². The van der Waals surface area contributed by atoms with Crippen LogP contribution < -0.4 is 0 Å². The highest BCUT2D eigenvalue weighted by Gasteiger charge is 2.29. The molecule has 2 saturated heterocycles. The normalized spacial score (nSPS) is 22.7. The van der Waals surface area contributed by atoms with E-state index < -0.39 is 0 Å². The predicted molar refractivity (Wildman–Crippen MR) is 126 cm³/mol. The van der Waals surface area contributed by atoms with Crippen molar-refractivity contribution < 1.29 is 13.7 Å². The van der Waals surface area contributed by atoms with E-state index in [2.05, 4.69) is 15.1 Å². The van der Waals surface area contributed by atoms with Crippen LogP contribution in [-0.2, 0) is 4.79 Å². The number of likely N-dealkylation sites (tertiary alicyclic amines) is 1. The summed E-state index contributed by atoms with van der Waals surface area (Å²) in [4.78, 5) is 14.4. The number of fused-ring (bicyclic) bond motifs is 1. The SMILES string of the molecule is O=CN(C1CCCCC1)N1CCC(CCN2CCC(c3noc4cc(F)ccc34)CC2)CC1. The van der Waals surface area contributed by atoms with Crippen molar-refractivity contribution in [3.8, 4) is 0 Å². The van der Waals surface area contributed by atoms with Gasteiger partial charge in [0, 0.05) is 36.5 Å². The zero-order chi connectivity index (χ0) is 22.6. The minimum absolute atomic E-state index is 0.279. The molecule has 1 aliphatic carbocycles. The van der Waals surface area contributed by atoms with Crippen LogP contribution in [0.15, 0.2) is 22.7 Å². The highest BCUT2D eigenvalue weighted by Crippen LogP contribution is 2.33. The Morgan fingerprint density at radius 2 is 1.79 bits per heavy atom. The van der Waals surface area contributed by atoms with Gasteiger partial charge in [-0.25, -0.2) is 9.40 Å². The number of carbonyl (C=O) groups excluding carboxylic acids is 1. The second-order valence-corrected chi connectivity index (χ2v) is 10.3. The van der Waals surface area contributed by atoms with Crippen molar-refractivity contribution in [2.24, 2.45) is 5.92 Å². The summed E-state index contributed by atoms with van der Waals surface area (Å²) in [7, 11) is 0. The summed E-state index contributed by atoms with van der Waals surface area (Å²) >= 11 is 0. The van der Waals surface area contributed by atoms with E-state index in [1.165, 1.54) is 50.7 Å². The summed E-state index contributed by atoms with van der Waals surface area (Å²) in [6.45, 7) is 5.35. The third kappa shape index (κ3) is 5.24. The molecule has 0 atom stereocenters. The molecule has 0 spiro atoms. The van der Waals surface area contributed by atoms with E-state index in [0.717, 1.165) is 81.8 Å². The predicted octanol–water partition coefficient (Wildman–Crippen LogP) is 4.95. The first-order valence-electron chi connectivity index (χ1n) is 13.0. The quantitative estimate of drug-likeness (QED) is 0.552. The Kier molecular flexibility index (Phi) is 7.26. The molecule has 33 heavy (non-hydrogen) atoms. The first-order valence-corrected chi connectivity index (χ1v) is 13.0. The Labute approximate surface area is 196 Å². The number of amides is 1.